The van der Waals surface area contributed by atoms with E-state index in [0.29, 0.717) is 0 Å². The first-order valence-corrected chi connectivity index (χ1v) is 5.25. The third kappa shape index (κ3) is 6.68. The molecule has 0 fully saturated rings. The van der Waals surface area contributed by atoms with Crippen LogP contribution in [-0.4, -0.2) is 0 Å². The number of rotatable bonds is 4. The van der Waals surface area contributed by atoms with Crippen LogP contribution in [0, 0.1) is 6.08 Å². The van der Waals surface area contributed by atoms with Crippen LogP contribution in [0.15, 0.2) is 48.1 Å². The van der Waals surface area contributed by atoms with Gasteiger partial charge in [-0.2, -0.15) is 6.08 Å². The van der Waals surface area contributed by atoms with Gasteiger partial charge in [0, 0.05) is 0 Å². The third-order valence-electron chi connectivity index (χ3n) is 2.52. The van der Waals surface area contributed by atoms with Crippen molar-refractivity contribution in [3.63, 3.8) is 0 Å². The van der Waals surface area contributed by atoms with Gasteiger partial charge in [-0.15, -0.1) is 6.42 Å². The topological polar surface area (TPSA) is 0 Å². The monoisotopic (exact) mass is 311 g/mol. The molecule has 1 radical (unpaired) electrons. The van der Waals surface area contributed by atoms with E-state index in [0.717, 1.165) is 6.42 Å². The Bertz CT molecular complexity index is 344. The largest absolute Gasteiger partial charge is 3.00 e. The summed E-state index contributed by atoms with van der Waals surface area (Å²) in [5.41, 5.74) is 2.83. The first-order valence-electron chi connectivity index (χ1n) is 5.25. The number of allylic oxidation sites excluding steroid dienone is 4. The molecule has 0 saturated carbocycles. The fourth-order valence-corrected chi connectivity index (χ4v) is 1.75. The fraction of sp³-hybridized carbons (Fsp3) is 0.286. The van der Waals surface area contributed by atoms with E-state index in [9.17, 15) is 0 Å². The maximum Gasteiger partial charge on any atom is 3.00 e. The van der Waals surface area contributed by atoms with Gasteiger partial charge in [0.05, 0.1) is 0 Å². The molecule has 1 aromatic carbocycles. The van der Waals surface area contributed by atoms with Crippen molar-refractivity contribution in [3.8, 4) is 0 Å². The van der Waals surface area contributed by atoms with E-state index in [2.05, 4.69) is 48.6 Å². The molecule has 0 aromatic heterocycles. The Morgan fingerprint density at radius 3 is 2.29 bits per heavy atom. The van der Waals surface area contributed by atoms with E-state index in [1.165, 1.54) is 30.4 Å². The Balaban J connectivity index is 0. The zero-order chi connectivity index (χ0) is 9.64. The van der Waals surface area contributed by atoms with Crippen molar-refractivity contribution in [2.24, 2.45) is 0 Å². The summed E-state index contributed by atoms with van der Waals surface area (Å²) >= 11 is 0. The first kappa shape index (κ1) is 18.8. The van der Waals surface area contributed by atoms with E-state index < -0.39 is 0 Å². The predicted molar refractivity (Wildman–Crippen MR) is 59.9 cm³/mol. The molecule has 0 N–H and O–H groups in total. The maximum atomic E-state index is 3.35. The molecule has 0 bridgehead atoms. The molecule has 0 saturated heterocycles. The van der Waals surface area contributed by atoms with E-state index >= 15 is 0 Å². The summed E-state index contributed by atoms with van der Waals surface area (Å²) in [7, 11) is 0. The number of hydrogen-bond acceptors (Lipinski definition) is 0. The van der Waals surface area contributed by atoms with Gasteiger partial charge < -0.3 is 9.41 Å². The average Bonchev–Trinajstić information content (AvgIpc) is 2.72. The number of benzene rings is 1. The number of aryl methyl sites for hydroxylation is 1. The van der Waals surface area contributed by atoms with Crippen LogP contribution in [0.4, 0.5) is 0 Å². The normalized spacial score (nSPS) is 11.9. The molecule has 17 heavy (non-hydrogen) atoms. The zero-order valence-electron chi connectivity index (χ0n) is 9.63. The van der Waals surface area contributed by atoms with Gasteiger partial charge in [-0.1, -0.05) is 36.8 Å². The van der Waals surface area contributed by atoms with Crippen LogP contribution in [0.3, 0.4) is 0 Å². The second-order valence-corrected chi connectivity index (χ2v) is 3.65. The molecule has 0 heterocycles. The van der Waals surface area contributed by atoms with Crippen molar-refractivity contribution in [1.82, 2.24) is 0 Å². The van der Waals surface area contributed by atoms with Crippen LogP contribution in [-0.2, 0) is 32.6 Å². The molecule has 3 heteroatoms. The number of hydrogen-bond donors (Lipinski definition) is 0. The first-order chi connectivity index (χ1) is 6.95. The van der Waals surface area contributed by atoms with Crippen LogP contribution >= 0.6 is 0 Å². The quantitative estimate of drug-likeness (QED) is 0.549. The Morgan fingerprint density at radius 2 is 1.71 bits per heavy atom. The molecule has 0 unspecified atom stereocenters. The third-order valence-corrected chi connectivity index (χ3v) is 2.52. The SMILES string of the molecule is [C-]1=C(CCCc2ccccc2)C=CC1.[F-].[F-].[Zr+3]. The fourth-order valence-electron chi connectivity index (χ4n) is 1.75. The molecule has 1 aliphatic rings. The Morgan fingerprint density at radius 1 is 1.00 bits per heavy atom. The molecular formula is C14H15F2Zr. The van der Waals surface area contributed by atoms with Crippen LogP contribution in [0.2, 0.25) is 0 Å². The smallest absolute Gasteiger partial charge is 1.00 e. The van der Waals surface area contributed by atoms with E-state index in [-0.39, 0.29) is 35.6 Å². The minimum Gasteiger partial charge on any atom is -1.00 e. The minimum atomic E-state index is 0. The molecule has 0 atom stereocenters. The molecule has 0 aliphatic heterocycles. The summed E-state index contributed by atoms with van der Waals surface area (Å²) in [5.74, 6) is 0. The van der Waals surface area contributed by atoms with Gasteiger partial charge in [-0.3, -0.25) is 6.08 Å². The summed E-state index contributed by atoms with van der Waals surface area (Å²) in [5, 5.41) is 0. The van der Waals surface area contributed by atoms with E-state index in [1.54, 1.807) is 0 Å². The van der Waals surface area contributed by atoms with Gasteiger partial charge >= 0.3 is 26.2 Å². The molecule has 1 aliphatic carbocycles. The summed E-state index contributed by atoms with van der Waals surface area (Å²) in [6.07, 6.45) is 12.3. The van der Waals surface area contributed by atoms with Crippen LogP contribution in [0.5, 0.6) is 0 Å². The predicted octanol–water partition coefficient (Wildman–Crippen LogP) is -2.30. The Hall–Kier alpha value is -0.557. The van der Waals surface area contributed by atoms with Crippen molar-refractivity contribution in [3.05, 3.63) is 59.7 Å². The molecule has 0 spiro atoms. The summed E-state index contributed by atoms with van der Waals surface area (Å²) in [6.45, 7) is 0. The van der Waals surface area contributed by atoms with Gasteiger partial charge in [-0.05, 0) is 18.4 Å². The molecule has 0 amide bonds. The van der Waals surface area contributed by atoms with E-state index in [1.807, 2.05) is 0 Å². The summed E-state index contributed by atoms with van der Waals surface area (Å²) in [6, 6.07) is 10.7. The van der Waals surface area contributed by atoms with E-state index in [4.69, 9.17) is 0 Å². The van der Waals surface area contributed by atoms with Crippen molar-refractivity contribution in [1.29, 1.82) is 0 Å². The Labute approximate surface area is 121 Å². The van der Waals surface area contributed by atoms with Crippen molar-refractivity contribution in [2.75, 3.05) is 0 Å². The van der Waals surface area contributed by atoms with Crippen LogP contribution in [0.25, 0.3) is 0 Å². The molecular weight excluding hydrogens is 297 g/mol. The molecule has 1 aromatic rings. The second-order valence-electron chi connectivity index (χ2n) is 3.65. The average molecular weight is 312 g/mol. The van der Waals surface area contributed by atoms with Gasteiger partial charge in [0.25, 0.3) is 0 Å². The summed E-state index contributed by atoms with van der Waals surface area (Å²) in [4.78, 5) is 0. The second kappa shape index (κ2) is 10.6. The molecule has 89 valence electrons. The van der Waals surface area contributed by atoms with Gasteiger partial charge in [0.15, 0.2) is 0 Å². The Kier molecular flexibility index (Phi) is 11.7. The van der Waals surface area contributed by atoms with Crippen molar-refractivity contribution < 1.29 is 35.6 Å². The van der Waals surface area contributed by atoms with Gasteiger partial charge in [0.1, 0.15) is 0 Å². The standard InChI is InChI=1S/C14H15.2FH.Zr/c1-2-7-13(8-3-1)11-6-12-14-9-4-5-10-14;;;/h1-4,7-9H,5-6,11-12H2;2*1H;/q-1;;;+3/p-2. The van der Waals surface area contributed by atoms with Gasteiger partial charge in [0.2, 0.25) is 0 Å². The molecule has 0 nitrogen and oxygen atoms in total. The van der Waals surface area contributed by atoms with Gasteiger partial charge in [-0.25, -0.2) is 11.6 Å². The van der Waals surface area contributed by atoms with Crippen molar-refractivity contribution in [2.45, 2.75) is 25.7 Å². The zero-order valence-corrected chi connectivity index (χ0v) is 12.1. The van der Waals surface area contributed by atoms with Crippen molar-refractivity contribution >= 4 is 0 Å². The number of halogens is 2. The van der Waals surface area contributed by atoms with Crippen LogP contribution < -0.4 is 9.41 Å². The maximum absolute atomic E-state index is 3.35. The van der Waals surface area contributed by atoms with Crippen LogP contribution in [0.1, 0.15) is 24.8 Å². The molecule has 2 rings (SSSR count). The minimum absolute atomic E-state index is 0. The summed E-state index contributed by atoms with van der Waals surface area (Å²) < 4.78 is 0.